The molecular formula is C22H31FO3. The normalized spacial score (nSPS) is 11.2. The molecule has 2 aromatic rings. The van der Waals surface area contributed by atoms with Gasteiger partial charge in [-0.05, 0) is 23.9 Å². The first-order valence-corrected chi connectivity index (χ1v) is 9.96. The van der Waals surface area contributed by atoms with Crippen LogP contribution < -0.4 is 10.4 Å². The van der Waals surface area contributed by atoms with Crippen LogP contribution in [0.4, 0.5) is 4.39 Å². The third-order valence-electron chi connectivity index (χ3n) is 4.88. The fourth-order valence-corrected chi connectivity index (χ4v) is 3.34. The van der Waals surface area contributed by atoms with E-state index in [0.717, 1.165) is 19.3 Å². The van der Waals surface area contributed by atoms with Crippen LogP contribution in [0.1, 0.15) is 76.9 Å². The first kappa shape index (κ1) is 20.5. The highest BCUT2D eigenvalue weighted by Crippen LogP contribution is 2.25. The monoisotopic (exact) mass is 362 g/mol. The van der Waals surface area contributed by atoms with E-state index in [1.807, 2.05) is 0 Å². The number of benzene rings is 1. The molecule has 144 valence electrons. The Balaban J connectivity index is 1.77. The molecule has 0 atom stereocenters. The maximum atomic E-state index is 14.2. The number of rotatable bonds is 12. The minimum atomic E-state index is -0.649. The minimum Gasteiger partial charge on any atom is -0.494 e. The molecule has 0 saturated heterocycles. The summed E-state index contributed by atoms with van der Waals surface area (Å²) in [5.41, 5.74) is -0.624. The van der Waals surface area contributed by atoms with E-state index in [9.17, 15) is 9.18 Å². The maximum Gasteiger partial charge on any atom is 0.346 e. The summed E-state index contributed by atoms with van der Waals surface area (Å²) in [4.78, 5) is 12.1. The van der Waals surface area contributed by atoms with E-state index in [1.54, 1.807) is 18.2 Å². The summed E-state index contributed by atoms with van der Waals surface area (Å²) in [6.07, 6.45) is 13.4. The summed E-state index contributed by atoms with van der Waals surface area (Å²) in [6, 6.07) is 5.02. The number of hydrogen-bond acceptors (Lipinski definition) is 3. The Labute approximate surface area is 155 Å². The highest BCUT2D eigenvalue weighted by molar-refractivity contribution is 5.83. The lowest BCUT2D eigenvalue weighted by Crippen LogP contribution is -2.05. The van der Waals surface area contributed by atoms with Crippen molar-refractivity contribution < 1.29 is 13.5 Å². The fourth-order valence-electron chi connectivity index (χ4n) is 3.34. The van der Waals surface area contributed by atoms with Crippen LogP contribution in [0, 0.1) is 5.82 Å². The molecule has 1 aromatic heterocycles. The summed E-state index contributed by atoms with van der Waals surface area (Å²) in [6.45, 7) is 2.24. The zero-order chi connectivity index (χ0) is 18.8. The Hall–Kier alpha value is -1.84. The Kier molecular flexibility index (Phi) is 8.66. The Morgan fingerprint density at radius 3 is 2.19 bits per heavy atom. The van der Waals surface area contributed by atoms with Crippen LogP contribution in [0.15, 0.2) is 27.4 Å². The molecule has 0 unspecified atom stereocenters. The molecule has 3 nitrogen and oxygen atoms in total. The van der Waals surface area contributed by atoms with Gasteiger partial charge in [-0.15, -0.1) is 0 Å². The van der Waals surface area contributed by atoms with Gasteiger partial charge in [-0.2, -0.15) is 0 Å². The standard InChI is InChI=1S/C22H31FO3/c1-3-4-5-6-7-8-9-10-11-12-13-18-16-17-14-15-19(25-2)21(23)20(17)22(24)26-18/h14-16H,3-13H2,1-2H3. The molecule has 26 heavy (non-hydrogen) atoms. The highest BCUT2D eigenvalue weighted by Gasteiger charge is 2.13. The lowest BCUT2D eigenvalue weighted by atomic mass is 10.0. The number of hydrogen-bond donors (Lipinski definition) is 0. The molecule has 0 aliphatic carbocycles. The average Bonchev–Trinajstić information content (AvgIpc) is 2.63. The first-order chi connectivity index (χ1) is 12.7. The van der Waals surface area contributed by atoms with Crippen molar-refractivity contribution in [2.24, 2.45) is 0 Å². The molecule has 0 aliphatic heterocycles. The third-order valence-corrected chi connectivity index (χ3v) is 4.88. The molecule has 0 amide bonds. The predicted octanol–water partition coefficient (Wildman–Crippen LogP) is 6.40. The Morgan fingerprint density at radius 1 is 0.962 bits per heavy atom. The molecule has 1 aromatic carbocycles. The van der Waals surface area contributed by atoms with E-state index in [4.69, 9.17) is 9.15 Å². The molecular weight excluding hydrogens is 331 g/mol. The number of fused-ring (bicyclic) bond motifs is 1. The van der Waals surface area contributed by atoms with Gasteiger partial charge in [0.25, 0.3) is 0 Å². The number of methoxy groups -OCH3 is 1. The molecule has 2 rings (SSSR count). The van der Waals surface area contributed by atoms with Gasteiger partial charge < -0.3 is 9.15 Å². The fraction of sp³-hybridized carbons (Fsp3) is 0.591. The second-order valence-electron chi connectivity index (χ2n) is 6.98. The number of unbranched alkanes of at least 4 members (excludes halogenated alkanes) is 9. The number of aryl methyl sites for hydroxylation is 1. The first-order valence-electron chi connectivity index (χ1n) is 9.96. The van der Waals surface area contributed by atoms with Gasteiger partial charge >= 0.3 is 5.63 Å². The summed E-state index contributed by atoms with van der Waals surface area (Å²) in [7, 11) is 1.38. The molecule has 4 heteroatoms. The van der Waals surface area contributed by atoms with Crippen molar-refractivity contribution in [3.8, 4) is 5.75 Å². The summed E-state index contributed by atoms with van der Waals surface area (Å²) >= 11 is 0. The molecule has 0 aliphatic rings. The topological polar surface area (TPSA) is 39.4 Å². The summed E-state index contributed by atoms with van der Waals surface area (Å²) in [5.74, 6) is 0.0445. The second-order valence-corrected chi connectivity index (χ2v) is 6.98. The SMILES string of the molecule is CCCCCCCCCCCCc1cc2ccc(OC)c(F)c2c(=O)o1. The Bertz CT molecular complexity index is 736. The number of ether oxygens (including phenoxy) is 1. The highest BCUT2D eigenvalue weighted by atomic mass is 19.1. The minimum absolute atomic E-state index is 0.0313. The van der Waals surface area contributed by atoms with Gasteiger partial charge in [0.1, 0.15) is 11.1 Å². The van der Waals surface area contributed by atoms with Crippen molar-refractivity contribution in [1.29, 1.82) is 0 Å². The van der Waals surface area contributed by atoms with Crippen molar-refractivity contribution in [3.63, 3.8) is 0 Å². The van der Waals surface area contributed by atoms with Gasteiger partial charge in [-0.3, -0.25) is 0 Å². The molecule has 0 radical (unpaired) electrons. The molecule has 0 fully saturated rings. The van der Waals surface area contributed by atoms with Gasteiger partial charge in [-0.1, -0.05) is 70.8 Å². The van der Waals surface area contributed by atoms with Gasteiger partial charge in [0.15, 0.2) is 11.6 Å². The predicted molar refractivity (Wildman–Crippen MR) is 105 cm³/mol. The van der Waals surface area contributed by atoms with Gasteiger partial charge in [0, 0.05) is 6.42 Å². The van der Waals surface area contributed by atoms with E-state index in [2.05, 4.69) is 6.92 Å². The zero-order valence-electron chi connectivity index (χ0n) is 16.1. The van der Waals surface area contributed by atoms with Gasteiger partial charge in [-0.25, -0.2) is 9.18 Å². The van der Waals surface area contributed by atoms with Crippen molar-refractivity contribution in [1.82, 2.24) is 0 Å². The van der Waals surface area contributed by atoms with E-state index in [1.165, 1.54) is 58.5 Å². The van der Waals surface area contributed by atoms with Crippen LogP contribution in [0.3, 0.4) is 0 Å². The molecule has 0 spiro atoms. The van der Waals surface area contributed by atoms with E-state index < -0.39 is 11.4 Å². The third kappa shape index (κ3) is 5.86. The van der Waals surface area contributed by atoms with Gasteiger partial charge in [0.2, 0.25) is 0 Å². The van der Waals surface area contributed by atoms with Crippen LogP contribution in [0.25, 0.3) is 10.8 Å². The zero-order valence-corrected chi connectivity index (χ0v) is 16.1. The quantitative estimate of drug-likeness (QED) is 0.410. The molecule has 0 bridgehead atoms. The average molecular weight is 362 g/mol. The molecule has 0 saturated carbocycles. The lowest BCUT2D eigenvalue weighted by molar-refractivity contribution is 0.387. The van der Waals surface area contributed by atoms with Crippen LogP contribution in [-0.2, 0) is 6.42 Å². The van der Waals surface area contributed by atoms with Crippen molar-refractivity contribution >= 4 is 10.8 Å². The number of halogens is 1. The lowest BCUT2D eigenvalue weighted by Gasteiger charge is -2.06. The van der Waals surface area contributed by atoms with E-state index >= 15 is 0 Å². The Morgan fingerprint density at radius 2 is 1.58 bits per heavy atom. The van der Waals surface area contributed by atoms with Crippen LogP contribution >= 0.6 is 0 Å². The second kappa shape index (κ2) is 11.0. The van der Waals surface area contributed by atoms with E-state index in [0.29, 0.717) is 11.1 Å². The van der Waals surface area contributed by atoms with Crippen molar-refractivity contribution in [2.45, 2.75) is 77.6 Å². The molecule has 1 heterocycles. The van der Waals surface area contributed by atoms with Crippen molar-refractivity contribution in [3.05, 3.63) is 40.2 Å². The summed E-state index contributed by atoms with van der Waals surface area (Å²) in [5, 5.41) is 0.540. The van der Waals surface area contributed by atoms with Crippen molar-refractivity contribution in [2.75, 3.05) is 7.11 Å². The van der Waals surface area contributed by atoms with Gasteiger partial charge in [0.05, 0.1) is 7.11 Å². The van der Waals surface area contributed by atoms with E-state index in [-0.39, 0.29) is 11.1 Å². The largest absolute Gasteiger partial charge is 0.494 e. The van der Waals surface area contributed by atoms with Crippen LogP contribution in [0.2, 0.25) is 0 Å². The molecule has 0 N–H and O–H groups in total. The van der Waals surface area contributed by atoms with Crippen LogP contribution in [-0.4, -0.2) is 7.11 Å². The van der Waals surface area contributed by atoms with Crippen LogP contribution in [0.5, 0.6) is 5.75 Å². The smallest absolute Gasteiger partial charge is 0.346 e. The maximum absolute atomic E-state index is 14.2. The summed E-state index contributed by atoms with van der Waals surface area (Å²) < 4.78 is 24.4.